The fourth-order valence-electron chi connectivity index (χ4n) is 3.00. The van der Waals surface area contributed by atoms with Gasteiger partial charge in [0.15, 0.2) is 5.96 Å². The molecule has 1 fully saturated rings. The van der Waals surface area contributed by atoms with Crippen molar-refractivity contribution in [2.24, 2.45) is 10.9 Å². The molecule has 1 heterocycles. The number of guanidine groups is 1. The van der Waals surface area contributed by atoms with Gasteiger partial charge in [-0.15, -0.1) is 11.3 Å². The van der Waals surface area contributed by atoms with Gasteiger partial charge in [0.05, 0.1) is 0 Å². The molecule has 6 nitrogen and oxygen atoms in total. The summed E-state index contributed by atoms with van der Waals surface area (Å²) >= 11 is 1.61. The van der Waals surface area contributed by atoms with E-state index in [4.69, 9.17) is 0 Å². The lowest BCUT2D eigenvalue weighted by Gasteiger charge is -2.24. The Hall–Kier alpha value is -2.12. The predicted octanol–water partition coefficient (Wildman–Crippen LogP) is 2.41. The summed E-state index contributed by atoms with van der Waals surface area (Å²) in [5.41, 5.74) is 0. The van der Waals surface area contributed by atoms with Crippen LogP contribution in [0.3, 0.4) is 0 Å². The van der Waals surface area contributed by atoms with E-state index in [-0.39, 0.29) is 11.8 Å². The lowest BCUT2D eigenvalue weighted by molar-refractivity contribution is -0.127. The summed E-state index contributed by atoms with van der Waals surface area (Å²) in [7, 11) is 1.71. The fraction of sp³-hybridized carbons (Fsp3) is 0.500. The van der Waals surface area contributed by atoms with E-state index in [1.165, 1.54) is 11.1 Å². The van der Waals surface area contributed by atoms with E-state index in [0.29, 0.717) is 25.6 Å². The number of carbonyl (C=O) groups is 1. The average molecular weight is 389 g/mol. The zero-order valence-electron chi connectivity index (χ0n) is 15.7. The molecule has 1 aliphatic carbocycles. The minimum atomic E-state index is -0.581. The van der Waals surface area contributed by atoms with Crippen LogP contribution >= 0.6 is 11.3 Å². The molecule has 27 heavy (non-hydrogen) atoms. The van der Waals surface area contributed by atoms with Crippen LogP contribution in [-0.2, 0) is 4.79 Å². The van der Waals surface area contributed by atoms with Crippen molar-refractivity contribution in [3.63, 3.8) is 0 Å². The number of amides is 1. The number of benzene rings is 1. The van der Waals surface area contributed by atoms with E-state index in [1.54, 1.807) is 18.4 Å². The number of nitrogens with zero attached hydrogens (tertiary/aromatic N) is 1. The predicted molar refractivity (Wildman–Crippen MR) is 111 cm³/mol. The van der Waals surface area contributed by atoms with Gasteiger partial charge in [0.2, 0.25) is 5.91 Å². The number of carbonyl (C=O) groups excluding carboxylic acids is 1. The summed E-state index contributed by atoms with van der Waals surface area (Å²) in [5.74, 6) is 1.08. The van der Waals surface area contributed by atoms with Gasteiger partial charge in [-0.05, 0) is 36.8 Å². The Bertz CT molecular complexity index is 752. The summed E-state index contributed by atoms with van der Waals surface area (Å²) in [6, 6.07) is 10.2. The van der Waals surface area contributed by atoms with Crippen LogP contribution in [0.4, 0.5) is 0 Å². The van der Waals surface area contributed by atoms with Crippen LogP contribution in [0.5, 0.6) is 0 Å². The lowest BCUT2D eigenvalue weighted by Crippen LogP contribution is -2.41. The van der Waals surface area contributed by atoms with Crippen LogP contribution in [0.1, 0.15) is 36.7 Å². The normalized spacial score (nSPS) is 16.0. The summed E-state index contributed by atoms with van der Waals surface area (Å²) in [6.07, 6.45) is 3.49. The van der Waals surface area contributed by atoms with Gasteiger partial charge in [-0.1, -0.05) is 24.6 Å². The molecular weight excluding hydrogens is 360 g/mol. The number of fused-ring (bicyclic) bond motifs is 1. The third kappa shape index (κ3) is 5.43. The van der Waals surface area contributed by atoms with Crippen LogP contribution < -0.4 is 16.0 Å². The fourth-order valence-corrected chi connectivity index (χ4v) is 4.05. The third-order valence-corrected chi connectivity index (χ3v) is 6.10. The van der Waals surface area contributed by atoms with Gasteiger partial charge in [-0.25, -0.2) is 0 Å². The molecule has 0 aliphatic heterocycles. The molecule has 1 aliphatic rings. The number of rotatable bonds is 8. The number of aliphatic hydroxyl groups excluding tert-OH is 1. The van der Waals surface area contributed by atoms with Crippen molar-refractivity contribution < 1.29 is 9.90 Å². The summed E-state index contributed by atoms with van der Waals surface area (Å²) in [5, 5.41) is 20.9. The van der Waals surface area contributed by atoms with Crippen molar-refractivity contribution in [2.75, 3.05) is 26.7 Å². The lowest BCUT2D eigenvalue weighted by atomic mass is 9.85. The highest BCUT2D eigenvalue weighted by Crippen LogP contribution is 2.29. The van der Waals surface area contributed by atoms with Crippen LogP contribution in [0, 0.1) is 5.92 Å². The highest BCUT2D eigenvalue weighted by molar-refractivity contribution is 7.19. The van der Waals surface area contributed by atoms with Crippen LogP contribution in [0.2, 0.25) is 0 Å². The summed E-state index contributed by atoms with van der Waals surface area (Å²) in [4.78, 5) is 16.9. The Morgan fingerprint density at radius 1 is 1.26 bits per heavy atom. The Morgan fingerprint density at radius 3 is 2.74 bits per heavy atom. The highest BCUT2D eigenvalue weighted by Gasteiger charge is 2.24. The van der Waals surface area contributed by atoms with Crippen molar-refractivity contribution in [1.29, 1.82) is 0 Å². The van der Waals surface area contributed by atoms with Gasteiger partial charge in [0.25, 0.3) is 0 Å². The molecule has 0 bridgehead atoms. The monoisotopic (exact) mass is 388 g/mol. The minimum absolute atomic E-state index is 0.190. The van der Waals surface area contributed by atoms with E-state index < -0.39 is 6.10 Å². The van der Waals surface area contributed by atoms with Gasteiger partial charge in [-0.2, -0.15) is 0 Å². The average Bonchev–Trinajstić information content (AvgIpc) is 3.06. The maximum Gasteiger partial charge on any atom is 0.223 e. The molecule has 0 saturated heterocycles. The van der Waals surface area contributed by atoms with Crippen molar-refractivity contribution in [1.82, 2.24) is 16.0 Å². The number of hydrogen-bond donors (Lipinski definition) is 4. The second-order valence-corrected chi connectivity index (χ2v) is 7.97. The zero-order chi connectivity index (χ0) is 19.1. The van der Waals surface area contributed by atoms with E-state index in [9.17, 15) is 9.90 Å². The summed E-state index contributed by atoms with van der Waals surface area (Å²) in [6.45, 7) is 1.78. The molecule has 0 radical (unpaired) electrons. The van der Waals surface area contributed by atoms with Gasteiger partial charge in [-0.3, -0.25) is 9.79 Å². The Balaban J connectivity index is 1.35. The third-order valence-electron chi connectivity index (χ3n) is 4.88. The molecule has 1 aromatic carbocycles. The van der Waals surface area contributed by atoms with Gasteiger partial charge >= 0.3 is 0 Å². The number of nitrogens with one attached hydrogen (secondary N) is 3. The highest BCUT2D eigenvalue weighted by atomic mass is 32.1. The smallest absolute Gasteiger partial charge is 0.223 e. The molecule has 7 heteroatoms. The van der Waals surface area contributed by atoms with Crippen molar-refractivity contribution >= 4 is 33.3 Å². The van der Waals surface area contributed by atoms with E-state index in [0.717, 1.165) is 29.5 Å². The van der Waals surface area contributed by atoms with Crippen molar-refractivity contribution in [2.45, 2.75) is 31.8 Å². The molecular formula is C20H28N4O2S. The molecule has 0 spiro atoms. The molecule has 2 aromatic rings. The molecule has 3 rings (SSSR count). The van der Waals surface area contributed by atoms with Gasteiger partial charge in [0, 0.05) is 42.2 Å². The number of aliphatic imine (C=N–C) groups is 1. The Labute approximate surface area is 164 Å². The molecule has 1 aromatic heterocycles. The van der Waals surface area contributed by atoms with Crippen LogP contribution in [-0.4, -0.2) is 43.7 Å². The first-order chi connectivity index (χ1) is 13.2. The summed E-state index contributed by atoms with van der Waals surface area (Å²) < 4.78 is 1.18. The maximum absolute atomic E-state index is 11.8. The van der Waals surface area contributed by atoms with Crippen LogP contribution in [0.25, 0.3) is 10.1 Å². The molecule has 1 atom stereocenters. The molecule has 1 saturated carbocycles. The first-order valence-corrected chi connectivity index (χ1v) is 10.4. The minimum Gasteiger partial charge on any atom is -0.386 e. The standard InChI is InChI=1S/C20H28N4O2S/c1-21-20(23-11-5-10-22-19(26)14-7-4-8-14)24-13-16(25)18-12-15-6-2-3-9-17(15)27-18/h2-3,6,9,12,14,16,25H,4-5,7-8,10-11,13H2,1H3,(H,22,26)(H2,21,23,24). The van der Waals surface area contributed by atoms with Crippen LogP contribution in [0.15, 0.2) is 35.3 Å². The SMILES string of the molecule is CN=C(NCCCNC(=O)C1CCC1)NCC(O)c1cc2ccccc2s1. The molecule has 146 valence electrons. The Morgan fingerprint density at radius 2 is 2.04 bits per heavy atom. The number of hydrogen-bond acceptors (Lipinski definition) is 4. The van der Waals surface area contributed by atoms with Gasteiger partial charge < -0.3 is 21.1 Å². The largest absolute Gasteiger partial charge is 0.386 e. The first-order valence-electron chi connectivity index (χ1n) is 9.56. The number of aliphatic hydroxyl groups is 1. The topological polar surface area (TPSA) is 85.8 Å². The molecule has 4 N–H and O–H groups in total. The van der Waals surface area contributed by atoms with Crippen molar-refractivity contribution in [3.05, 3.63) is 35.2 Å². The van der Waals surface area contributed by atoms with E-state index in [1.807, 2.05) is 18.2 Å². The number of thiophene rings is 1. The van der Waals surface area contributed by atoms with Crippen molar-refractivity contribution in [3.8, 4) is 0 Å². The second kappa shape index (κ2) is 9.71. The Kier molecular flexibility index (Phi) is 7.06. The van der Waals surface area contributed by atoms with Gasteiger partial charge in [0.1, 0.15) is 6.10 Å². The first kappa shape index (κ1) is 19.6. The molecule has 1 amide bonds. The van der Waals surface area contributed by atoms with E-state index in [2.05, 4.69) is 33.1 Å². The second-order valence-electron chi connectivity index (χ2n) is 6.85. The zero-order valence-corrected chi connectivity index (χ0v) is 16.5. The van der Waals surface area contributed by atoms with E-state index >= 15 is 0 Å². The maximum atomic E-state index is 11.8. The molecule has 1 unspecified atom stereocenters. The quantitative estimate of drug-likeness (QED) is 0.318.